The van der Waals surface area contributed by atoms with E-state index in [1.165, 1.54) is 15.5 Å². The third-order valence-corrected chi connectivity index (χ3v) is 6.59. The van der Waals surface area contributed by atoms with E-state index in [1.807, 2.05) is 12.1 Å². The third kappa shape index (κ3) is 7.10. The van der Waals surface area contributed by atoms with Crippen LogP contribution in [-0.2, 0) is 9.59 Å². The van der Waals surface area contributed by atoms with Gasteiger partial charge in [-0.2, -0.15) is 0 Å². The first-order valence-corrected chi connectivity index (χ1v) is 12.2. The first-order chi connectivity index (χ1) is 17.3. The smallest absolute Gasteiger partial charge is 0.328 e. The zero-order chi connectivity index (χ0) is 26.1. The molecule has 9 heteroatoms. The van der Waals surface area contributed by atoms with Gasteiger partial charge in [-0.15, -0.1) is 6.58 Å². The van der Waals surface area contributed by atoms with Crippen molar-refractivity contribution in [3.63, 3.8) is 0 Å². The number of para-hydroxylation sites is 1. The first kappa shape index (κ1) is 26.8. The lowest BCUT2D eigenvalue weighted by Gasteiger charge is -2.39. The number of rotatable bonds is 8. The topological polar surface area (TPSA) is 110 Å². The molecule has 2 aliphatic heterocycles. The molecule has 2 aromatic rings. The van der Waals surface area contributed by atoms with Gasteiger partial charge in [0.25, 0.3) is 5.91 Å². The number of fused-ring (bicyclic) bond motifs is 2. The molecule has 0 fully saturated rings. The second-order valence-electron chi connectivity index (χ2n) is 8.17. The van der Waals surface area contributed by atoms with E-state index in [0.29, 0.717) is 24.3 Å². The summed E-state index contributed by atoms with van der Waals surface area (Å²) in [6.45, 7) is 9.38. The number of nitrogens with zero attached hydrogens (tertiary/aromatic N) is 2. The molecule has 8 nitrogen and oxygen atoms in total. The average molecular weight is 508 g/mol. The molecular formula is C27H29N3O5S. The Hall–Kier alpha value is -3.82. The van der Waals surface area contributed by atoms with Crippen molar-refractivity contribution < 1.29 is 24.6 Å². The molecule has 1 unspecified atom stereocenters. The monoisotopic (exact) mass is 507 g/mol. The number of carbonyl (C=O) groups excluding carboxylic acids is 1. The second kappa shape index (κ2) is 12.8. The molecule has 3 N–H and O–H groups in total. The number of aliphatic carboxylic acids is 2. The third-order valence-electron chi connectivity index (χ3n) is 5.46. The summed E-state index contributed by atoms with van der Waals surface area (Å²) in [6.07, 6.45) is 7.26. The summed E-state index contributed by atoms with van der Waals surface area (Å²) in [6, 6.07) is 14.8. The predicted octanol–water partition coefficient (Wildman–Crippen LogP) is 4.18. The maximum absolute atomic E-state index is 12.5. The zero-order valence-corrected chi connectivity index (χ0v) is 20.8. The highest BCUT2D eigenvalue weighted by Gasteiger charge is 2.29. The van der Waals surface area contributed by atoms with Gasteiger partial charge in [0.15, 0.2) is 0 Å². The van der Waals surface area contributed by atoms with Gasteiger partial charge in [0.05, 0.1) is 11.4 Å². The summed E-state index contributed by atoms with van der Waals surface area (Å²) in [4.78, 5) is 38.9. The molecule has 0 saturated carbocycles. The van der Waals surface area contributed by atoms with E-state index in [1.54, 1.807) is 17.8 Å². The minimum absolute atomic E-state index is 0.0668. The largest absolute Gasteiger partial charge is 0.478 e. The SMILES string of the molecule is C=CCNC(=O)c1ccc2c(c1)N(C(C)CN1CC=CC1)c1ccccc1S2.O=C(O)C=CC(=O)O. The van der Waals surface area contributed by atoms with Crippen LogP contribution in [0.4, 0.5) is 11.4 Å². The number of carboxylic acid groups (broad SMARTS) is 2. The van der Waals surface area contributed by atoms with Crippen molar-refractivity contribution in [2.24, 2.45) is 0 Å². The van der Waals surface area contributed by atoms with Crippen molar-refractivity contribution in [2.45, 2.75) is 22.8 Å². The molecule has 2 aliphatic rings. The molecule has 2 aromatic carbocycles. The van der Waals surface area contributed by atoms with Gasteiger partial charge in [0.1, 0.15) is 0 Å². The molecule has 0 aromatic heterocycles. The fraction of sp³-hybridized carbons (Fsp3) is 0.222. The average Bonchev–Trinajstić information content (AvgIpc) is 3.37. The molecular weight excluding hydrogens is 478 g/mol. The highest BCUT2D eigenvalue weighted by molar-refractivity contribution is 7.99. The van der Waals surface area contributed by atoms with Crippen molar-refractivity contribution in [1.82, 2.24) is 10.2 Å². The first-order valence-electron chi connectivity index (χ1n) is 11.4. The number of nitrogens with one attached hydrogen (secondary N) is 1. The Balaban J connectivity index is 0.000000392. The van der Waals surface area contributed by atoms with Crippen LogP contribution in [0, 0.1) is 0 Å². The standard InChI is InChI=1S/C23H25N3OS.C4H4O4/c1-3-12-24-23(27)18-10-11-22-20(15-18)26(17(2)16-25-13-6-7-14-25)19-8-4-5-9-21(19)28-22;5-3(6)1-2-4(7)8/h3-11,15,17H,1,12-14,16H2,2H3,(H,24,27);1-2H,(H,5,6)(H,7,8). The number of anilines is 2. The normalized spacial score (nSPS) is 14.9. The summed E-state index contributed by atoms with van der Waals surface area (Å²) in [5.41, 5.74) is 3.00. The Bertz CT molecular complexity index is 1170. The summed E-state index contributed by atoms with van der Waals surface area (Å²) in [7, 11) is 0. The highest BCUT2D eigenvalue weighted by Crippen LogP contribution is 2.49. The number of hydrogen-bond acceptors (Lipinski definition) is 6. The van der Waals surface area contributed by atoms with Crippen molar-refractivity contribution in [3.8, 4) is 0 Å². The fourth-order valence-corrected chi connectivity index (χ4v) is 4.99. The quantitative estimate of drug-likeness (QED) is 0.361. The molecule has 1 amide bonds. The Morgan fingerprint density at radius 3 is 2.31 bits per heavy atom. The van der Waals surface area contributed by atoms with Crippen LogP contribution in [0.5, 0.6) is 0 Å². The van der Waals surface area contributed by atoms with E-state index in [9.17, 15) is 14.4 Å². The van der Waals surface area contributed by atoms with E-state index in [2.05, 4.69) is 71.1 Å². The zero-order valence-electron chi connectivity index (χ0n) is 20.0. The van der Waals surface area contributed by atoms with Gasteiger partial charge in [0.2, 0.25) is 0 Å². The van der Waals surface area contributed by atoms with Crippen molar-refractivity contribution in [1.29, 1.82) is 0 Å². The van der Waals surface area contributed by atoms with Crippen LogP contribution < -0.4 is 10.2 Å². The number of hydrogen-bond donors (Lipinski definition) is 3. The van der Waals surface area contributed by atoms with Crippen molar-refractivity contribution in [2.75, 3.05) is 31.1 Å². The minimum atomic E-state index is -1.26. The molecule has 36 heavy (non-hydrogen) atoms. The van der Waals surface area contributed by atoms with Gasteiger partial charge in [-0.1, -0.05) is 42.1 Å². The molecule has 4 rings (SSSR count). The number of benzene rings is 2. The van der Waals surface area contributed by atoms with Crippen LogP contribution in [0.15, 0.2) is 89.2 Å². The molecule has 0 bridgehead atoms. The van der Waals surface area contributed by atoms with Gasteiger partial charge in [-0.3, -0.25) is 9.69 Å². The van der Waals surface area contributed by atoms with Gasteiger partial charge in [-0.25, -0.2) is 9.59 Å². The highest BCUT2D eigenvalue weighted by atomic mass is 32.2. The molecule has 188 valence electrons. The van der Waals surface area contributed by atoms with Crippen LogP contribution in [0.2, 0.25) is 0 Å². The fourth-order valence-electron chi connectivity index (χ4n) is 3.93. The van der Waals surface area contributed by atoms with E-state index >= 15 is 0 Å². The van der Waals surface area contributed by atoms with E-state index in [0.717, 1.165) is 25.3 Å². The van der Waals surface area contributed by atoms with Crippen molar-refractivity contribution >= 4 is 41.0 Å². The maximum Gasteiger partial charge on any atom is 0.328 e. The molecule has 0 spiro atoms. The van der Waals surface area contributed by atoms with Crippen LogP contribution in [0.25, 0.3) is 0 Å². The number of carbonyl (C=O) groups is 3. The summed E-state index contributed by atoms with van der Waals surface area (Å²) in [5.74, 6) is -2.58. The molecule has 0 aliphatic carbocycles. The number of amides is 1. The van der Waals surface area contributed by atoms with Gasteiger partial charge >= 0.3 is 11.9 Å². The number of carboxylic acids is 2. The van der Waals surface area contributed by atoms with Gasteiger partial charge in [0, 0.05) is 59.7 Å². The molecule has 0 saturated heterocycles. The Kier molecular flexibility index (Phi) is 9.49. The van der Waals surface area contributed by atoms with Crippen LogP contribution in [0.1, 0.15) is 17.3 Å². The molecule has 2 heterocycles. The Morgan fingerprint density at radius 2 is 1.67 bits per heavy atom. The maximum atomic E-state index is 12.5. The molecule has 0 radical (unpaired) electrons. The summed E-state index contributed by atoms with van der Waals surface area (Å²) < 4.78 is 0. The summed E-state index contributed by atoms with van der Waals surface area (Å²) in [5, 5.41) is 18.5. The summed E-state index contributed by atoms with van der Waals surface area (Å²) >= 11 is 1.77. The van der Waals surface area contributed by atoms with E-state index < -0.39 is 11.9 Å². The van der Waals surface area contributed by atoms with Crippen LogP contribution in [-0.4, -0.2) is 65.2 Å². The minimum Gasteiger partial charge on any atom is -0.478 e. The predicted molar refractivity (Wildman–Crippen MR) is 141 cm³/mol. The second-order valence-corrected chi connectivity index (χ2v) is 9.25. The van der Waals surface area contributed by atoms with Gasteiger partial charge < -0.3 is 20.4 Å². The lowest BCUT2D eigenvalue weighted by molar-refractivity contribution is -0.134. The van der Waals surface area contributed by atoms with Gasteiger partial charge in [-0.05, 0) is 37.3 Å². The van der Waals surface area contributed by atoms with Crippen LogP contribution in [0.3, 0.4) is 0 Å². The lowest BCUT2D eigenvalue weighted by Crippen LogP contribution is -2.40. The van der Waals surface area contributed by atoms with Crippen LogP contribution >= 0.6 is 11.8 Å². The van der Waals surface area contributed by atoms with E-state index in [4.69, 9.17) is 10.2 Å². The molecule has 1 atom stereocenters. The lowest BCUT2D eigenvalue weighted by atomic mass is 10.1. The Labute approximate surface area is 214 Å². The van der Waals surface area contributed by atoms with E-state index in [-0.39, 0.29) is 11.9 Å². The van der Waals surface area contributed by atoms with Crippen molar-refractivity contribution in [3.05, 3.63) is 85.0 Å². The Morgan fingerprint density at radius 1 is 1.03 bits per heavy atom.